The minimum Gasteiger partial charge on any atom is -0.332 e. The molecule has 27 heavy (non-hydrogen) atoms. The van der Waals surface area contributed by atoms with Crippen molar-refractivity contribution in [2.75, 3.05) is 7.05 Å². The Labute approximate surface area is 161 Å². The summed E-state index contributed by atoms with van der Waals surface area (Å²) in [6, 6.07) is 10.2. The van der Waals surface area contributed by atoms with Crippen molar-refractivity contribution in [1.82, 2.24) is 14.5 Å². The van der Waals surface area contributed by atoms with E-state index >= 15 is 0 Å². The maximum absolute atomic E-state index is 14.0. The molecule has 0 aliphatic carbocycles. The van der Waals surface area contributed by atoms with Crippen molar-refractivity contribution in [2.45, 2.75) is 26.4 Å². The van der Waals surface area contributed by atoms with Crippen molar-refractivity contribution < 1.29 is 9.18 Å². The first-order chi connectivity index (χ1) is 12.8. The van der Waals surface area contributed by atoms with E-state index < -0.39 is 17.8 Å². The molecule has 0 aliphatic rings. The van der Waals surface area contributed by atoms with Gasteiger partial charge in [0.25, 0.3) is 11.5 Å². The van der Waals surface area contributed by atoms with E-state index in [0.29, 0.717) is 28.3 Å². The van der Waals surface area contributed by atoms with E-state index in [2.05, 4.69) is 4.98 Å². The smallest absolute Gasteiger partial charge is 0.261 e. The Kier molecular flexibility index (Phi) is 5.28. The molecule has 1 aromatic heterocycles. The van der Waals surface area contributed by atoms with Gasteiger partial charge in [0.05, 0.1) is 22.5 Å². The highest BCUT2D eigenvalue weighted by molar-refractivity contribution is 6.31. The molecule has 3 aromatic rings. The number of halogens is 2. The van der Waals surface area contributed by atoms with Gasteiger partial charge in [-0.3, -0.25) is 14.2 Å². The summed E-state index contributed by atoms with van der Waals surface area (Å²) >= 11 is 6.03. The molecule has 2 aromatic carbocycles. The van der Waals surface area contributed by atoms with Gasteiger partial charge in [-0.25, -0.2) is 9.37 Å². The summed E-state index contributed by atoms with van der Waals surface area (Å²) < 4.78 is 15.5. The molecule has 0 fully saturated rings. The summed E-state index contributed by atoms with van der Waals surface area (Å²) in [5.41, 5.74) is 0.236. The summed E-state index contributed by atoms with van der Waals surface area (Å²) in [7, 11) is 1.56. The van der Waals surface area contributed by atoms with Crippen LogP contribution in [-0.2, 0) is 6.54 Å². The van der Waals surface area contributed by atoms with E-state index in [-0.39, 0.29) is 11.1 Å². The third-order valence-electron chi connectivity index (χ3n) is 4.64. The number of nitrogens with zero attached hydrogens (tertiary/aromatic N) is 3. The number of fused-ring (bicyclic) bond motifs is 1. The van der Waals surface area contributed by atoms with E-state index in [1.165, 1.54) is 27.7 Å². The summed E-state index contributed by atoms with van der Waals surface area (Å²) in [6.07, 6.45) is 0. The lowest BCUT2D eigenvalue weighted by Gasteiger charge is -2.27. The highest BCUT2D eigenvalue weighted by Gasteiger charge is 2.25. The summed E-state index contributed by atoms with van der Waals surface area (Å²) in [5, 5.41) is 0.929. The summed E-state index contributed by atoms with van der Waals surface area (Å²) in [6.45, 7) is 3.98. The van der Waals surface area contributed by atoms with Crippen molar-refractivity contribution >= 4 is 28.4 Å². The summed E-state index contributed by atoms with van der Waals surface area (Å²) in [4.78, 5) is 31.5. The van der Waals surface area contributed by atoms with Gasteiger partial charge in [-0.05, 0) is 44.2 Å². The average Bonchev–Trinajstić information content (AvgIpc) is 2.66. The number of carbonyl (C=O) groups excluding carboxylic acids is 1. The van der Waals surface area contributed by atoms with Gasteiger partial charge in [0, 0.05) is 18.6 Å². The Balaban J connectivity index is 2.09. The zero-order valence-electron chi connectivity index (χ0n) is 15.2. The van der Waals surface area contributed by atoms with Gasteiger partial charge in [-0.2, -0.15) is 0 Å². The van der Waals surface area contributed by atoms with E-state index in [1.807, 2.05) is 6.92 Å². The van der Waals surface area contributed by atoms with E-state index in [9.17, 15) is 14.0 Å². The quantitative estimate of drug-likeness (QED) is 0.678. The monoisotopic (exact) mass is 387 g/mol. The van der Waals surface area contributed by atoms with E-state index in [0.717, 1.165) is 0 Å². The van der Waals surface area contributed by atoms with Gasteiger partial charge < -0.3 is 4.90 Å². The number of rotatable bonds is 4. The Morgan fingerprint density at radius 2 is 2.00 bits per heavy atom. The Morgan fingerprint density at radius 1 is 1.30 bits per heavy atom. The zero-order valence-corrected chi connectivity index (χ0v) is 16.0. The number of amides is 1. The molecule has 0 aliphatic heterocycles. The van der Waals surface area contributed by atoms with Crippen molar-refractivity contribution in [3.05, 3.63) is 75.0 Å². The molecule has 1 unspecified atom stereocenters. The van der Waals surface area contributed by atoms with Crippen molar-refractivity contribution in [3.8, 4) is 0 Å². The molecular weight excluding hydrogens is 369 g/mol. The highest BCUT2D eigenvalue weighted by Crippen LogP contribution is 2.22. The van der Waals surface area contributed by atoms with Gasteiger partial charge >= 0.3 is 0 Å². The maximum atomic E-state index is 14.0. The second-order valence-corrected chi connectivity index (χ2v) is 6.69. The van der Waals surface area contributed by atoms with Crippen LogP contribution in [0.2, 0.25) is 5.02 Å². The lowest BCUT2D eigenvalue weighted by molar-refractivity contribution is 0.0728. The van der Waals surface area contributed by atoms with Crippen LogP contribution in [0.4, 0.5) is 4.39 Å². The van der Waals surface area contributed by atoms with Gasteiger partial charge in [-0.15, -0.1) is 0 Å². The molecular formula is C20H19ClFN3O2. The molecule has 3 rings (SSSR count). The van der Waals surface area contributed by atoms with Crippen molar-refractivity contribution in [3.63, 3.8) is 0 Å². The first kappa shape index (κ1) is 19.0. The van der Waals surface area contributed by atoms with Crippen molar-refractivity contribution in [2.24, 2.45) is 0 Å². The maximum Gasteiger partial charge on any atom is 0.261 e. The van der Waals surface area contributed by atoms with Gasteiger partial charge in [0.2, 0.25) is 0 Å². The second-order valence-electron chi connectivity index (χ2n) is 6.25. The molecule has 0 N–H and O–H groups in total. The number of carbonyl (C=O) groups is 1. The van der Waals surface area contributed by atoms with Gasteiger partial charge in [-0.1, -0.05) is 23.7 Å². The van der Waals surface area contributed by atoms with Crippen LogP contribution in [0.1, 0.15) is 36.1 Å². The highest BCUT2D eigenvalue weighted by atomic mass is 35.5. The van der Waals surface area contributed by atoms with Crippen LogP contribution in [0.15, 0.2) is 47.3 Å². The van der Waals surface area contributed by atoms with Crippen molar-refractivity contribution in [1.29, 1.82) is 0 Å². The number of hydrogen-bond acceptors (Lipinski definition) is 3. The average molecular weight is 388 g/mol. The lowest BCUT2D eigenvalue weighted by Crippen LogP contribution is -2.35. The first-order valence-electron chi connectivity index (χ1n) is 8.56. The van der Waals surface area contributed by atoms with Crippen LogP contribution >= 0.6 is 11.6 Å². The van der Waals surface area contributed by atoms with Crippen LogP contribution in [0.5, 0.6) is 0 Å². The van der Waals surface area contributed by atoms with Crippen LogP contribution in [0.3, 0.4) is 0 Å². The predicted octanol–water partition coefficient (Wildman–Crippen LogP) is 4.04. The Hall–Kier alpha value is -2.73. The number of aromatic nitrogens is 2. The molecule has 0 radical (unpaired) electrons. The fraction of sp³-hybridized carbons (Fsp3) is 0.250. The predicted molar refractivity (Wildman–Crippen MR) is 104 cm³/mol. The molecule has 7 heteroatoms. The molecule has 0 spiro atoms. The molecule has 140 valence electrons. The van der Waals surface area contributed by atoms with Crippen LogP contribution in [-0.4, -0.2) is 27.4 Å². The Morgan fingerprint density at radius 3 is 2.67 bits per heavy atom. The van der Waals surface area contributed by atoms with E-state index in [1.54, 1.807) is 38.2 Å². The first-order valence-corrected chi connectivity index (χ1v) is 8.94. The standard InChI is InChI=1S/C20H19ClFN3O2/c1-4-25-18(23-17-11-13(21)9-10-15(17)20(25)27)12(2)24(3)19(26)14-7-5-6-8-16(14)22/h5-12H,4H2,1-3H3. The third-order valence-corrected chi connectivity index (χ3v) is 4.88. The summed E-state index contributed by atoms with van der Waals surface area (Å²) in [5.74, 6) is -0.652. The van der Waals surface area contributed by atoms with Crippen LogP contribution < -0.4 is 5.56 Å². The third kappa shape index (κ3) is 3.45. The second kappa shape index (κ2) is 7.48. The fourth-order valence-electron chi connectivity index (χ4n) is 3.01. The molecule has 0 bridgehead atoms. The van der Waals surface area contributed by atoms with Gasteiger partial charge in [0.1, 0.15) is 11.6 Å². The molecule has 0 saturated heterocycles. The zero-order chi connectivity index (χ0) is 19.7. The molecule has 1 heterocycles. The normalized spacial score (nSPS) is 12.2. The topological polar surface area (TPSA) is 55.2 Å². The largest absolute Gasteiger partial charge is 0.332 e. The minimum atomic E-state index is -0.590. The minimum absolute atomic E-state index is 0.0268. The molecule has 1 atom stereocenters. The SMILES string of the molecule is CCn1c(C(C)N(C)C(=O)c2ccccc2F)nc2cc(Cl)ccc2c1=O. The fourth-order valence-corrected chi connectivity index (χ4v) is 3.18. The van der Waals surface area contributed by atoms with Crippen LogP contribution in [0.25, 0.3) is 10.9 Å². The molecule has 1 amide bonds. The van der Waals surface area contributed by atoms with E-state index in [4.69, 9.17) is 11.6 Å². The van der Waals surface area contributed by atoms with Gasteiger partial charge in [0.15, 0.2) is 0 Å². The number of hydrogen-bond donors (Lipinski definition) is 0. The lowest BCUT2D eigenvalue weighted by atomic mass is 10.1. The number of benzene rings is 2. The molecule has 5 nitrogen and oxygen atoms in total. The van der Waals surface area contributed by atoms with Crippen LogP contribution in [0, 0.1) is 5.82 Å². The molecule has 0 saturated carbocycles. The Bertz CT molecular complexity index is 1080.